The van der Waals surface area contributed by atoms with Crippen molar-refractivity contribution in [1.82, 2.24) is 46.2 Å². The molecular formula is C74H101N9O11. The first-order chi connectivity index (χ1) is 44.0. The summed E-state index contributed by atoms with van der Waals surface area (Å²) in [7, 11) is 2.94. The van der Waals surface area contributed by atoms with Crippen LogP contribution in [0.3, 0.4) is 0 Å². The fourth-order valence-corrected chi connectivity index (χ4v) is 12.9. The van der Waals surface area contributed by atoms with E-state index < -0.39 is 100 Å². The number of carbonyl (C=O) groups is 9. The maximum absolute atomic E-state index is 15.3. The molecule has 0 radical (unpaired) electrons. The standard InChI is InChI=1S/C74H101N9O11/c1-44(80(15)69(91)93-73(9,10)11)62(84)78-60(71(3,4)5)67(89)82-42-52-39-47(35-38-51(52)40-58(82)65(87)76-56-29-21-25-48-23-17-19-27-54(48)56)32-31-46-33-36-50(37-34-46)64(86)75-53-41-59(66(88)77-57-30-22-26-49-24-18-20-28-55(49)57)83(43-53)68(90)61(72(6,7)8)79-63(85)45(2)81(16)70(92)94-74(12,13)14/h17-20,23-24,27-28,33-39,44-45,53,56-61H,21-22,25-26,29-32,40-43H2,1-16H3,(H,75,86)(H,76,87)(H,77,88)(H,78,84)(H,79,85)/t44-,45-,53?,56?,57+,58?,59?,60?,61?/m0/s1. The van der Waals surface area contributed by atoms with E-state index >= 15 is 9.59 Å². The summed E-state index contributed by atoms with van der Waals surface area (Å²) in [5.74, 6) is -3.07. The molecule has 1 fully saturated rings. The number of carbonyl (C=O) groups excluding carboxylic acids is 9. The third kappa shape index (κ3) is 17.7. The van der Waals surface area contributed by atoms with E-state index in [9.17, 15) is 33.6 Å². The van der Waals surface area contributed by atoms with Gasteiger partial charge in [-0.3, -0.25) is 43.4 Å². The van der Waals surface area contributed by atoms with E-state index in [0.29, 0.717) is 18.4 Å². The minimum absolute atomic E-state index is 0.00391. The molecule has 0 spiro atoms. The molecule has 6 unspecified atom stereocenters. The summed E-state index contributed by atoms with van der Waals surface area (Å²) in [6.07, 6.45) is 5.27. The fraction of sp³-hybridized carbons (Fsp3) is 0.554. The molecular weight excluding hydrogens is 1190 g/mol. The van der Waals surface area contributed by atoms with Gasteiger partial charge in [0.05, 0.1) is 12.1 Å². The summed E-state index contributed by atoms with van der Waals surface area (Å²) < 4.78 is 11.1. The van der Waals surface area contributed by atoms with Crippen molar-refractivity contribution < 1.29 is 52.6 Å². The topological polar surface area (TPSA) is 245 Å². The molecule has 20 heteroatoms. The van der Waals surface area contributed by atoms with Gasteiger partial charge in [0.2, 0.25) is 35.4 Å². The molecule has 94 heavy (non-hydrogen) atoms. The molecule has 2 heterocycles. The smallest absolute Gasteiger partial charge is 0.410 e. The van der Waals surface area contributed by atoms with Gasteiger partial charge in [-0.05, 0) is 181 Å². The van der Waals surface area contributed by atoms with Crippen LogP contribution in [0.25, 0.3) is 0 Å². The zero-order valence-electron chi connectivity index (χ0n) is 58.1. The number of benzene rings is 4. The third-order valence-corrected chi connectivity index (χ3v) is 18.6. The Morgan fingerprint density at radius 1 is 0.532 bits per heavy atom. The van der Waals surface area contributed by atoms with Crippen molar-refractivity contribution in [1.29, 1.82) is 0 Å². The third-order valence-electron chi connectivity index (χ3n) is 18.6. The summed E-state index contributed by atoms with van der Waals surface area (Å²) in [5.41, 5.74) is 5.34. The molecule has 5 N–H and O–H groups in total. The molecule has 508 valence electrons. The summed E-state index contributed by atoms with van der Waals surface area (Å²) in [6, 6.07) is 22.4. The first kappa shape index (κ1) is 71.6. The quantitative estimate of drug-likeness (QED) is 0.0667. The number of aryl methyl sites for hydroxylation is 4. The van der Waals surface area contributed by atoms with Crippen molar-refractivity contribution in [2.75, 3.05) is 20.6 Å². The molecule has 0 bridgehead atoms. The average molecular weight is 1290 g/mol. The number of rotatable bonds is 17. The maximum atomic E-state index is 15.3. The molecule has 4 aliphatic rings. The van der Waals surface area contributed by atoms with Gasteiger partial charge in [-0.15, -0.1) is 0 Å². The lowest BCUT2D eigenvalue weighted by Crippen LogP contribution is -2.62. The lowest BCUT2D eigenvalue weighted by Gasteiger charge is -2.42. The van der Waals surface area contributed by atoms with Gasteiger partial charge in [0.1, 0.15) is 47.5 Å². The summed E-state index contributed by atoms with van der Waals surface area (Å²) >= 11 is 0. The average Bonchev–Trinajstić information content (AvgIpc) is 1.02. The Morgan fingerprint density at radius 2 is 0.979 bits per heavy atom. The van der Waals surface area contributed by atoms with Crippen LogP contribution < -0.4 is 26.6 Å². The molecule has 2 aliphatic heterocycles. The SMILES string of the molecule is C[C@@H](C(=O)NC(C(=O)N1Cc2cc(CCc3ccc(C(=O)NC4CC(C(=O)N[C@@H]5CCCc6ccccc65)N(C(=O)C(NC(=O)[C@H](C)N(C)C(=O)OC(C)(C)C)C(C)(C)C)C4)cc3)ccc2CC1C(=O)NC1CCCc2ccccc21)C(C)(C)C)N(C)C(=O)OC(C)(C)C. The van der Waals surface area contributed by atoms with Crippen LogP contribution in [-0.4, -0.2) is 147 Å². The van der Waals surface area contributed by atoms with Crippen LogP contribution >= 0.6 is 0 Å². The molecule has 8 rings (SSSR count). The van der Waals surface area contributed by atoms with Gasteiger partial charge in [-0.25, -0.2) is 9.59 Å². The Kier molecular flexibility index (Phi) is 22.2. The molecule has 2 aliphatic carbocycles. The molecule has 20 nitrogen and oxygen atoms in total. The lowest BCUT2D eigenvalue weighted by atomic mass is 9.83. The zero-order chi connectivity index (χ0) is 68.9. The molecule has 9 atom stereocenters. The first-order valence-corrected chi connectivity index (χ1v) is 33.4. The number of hydrogen-bond acceptors (Lipinski definition) is 11. The molecule has 9 amide bonds. The summed E-state index contributed by atoms with van der Waals surface area (Å²) in [5, 5.41) is 15.6. The van der Waals surface area contributed by atoms with E-state index in [-0.39, 0.29) is 55.7 Å². The second kappa shape index (κ2) is 29.1. The van der Waals surface area contributed by atoms with Crippen LogP contribution in [-0.2, 0) is 76.9 Å². The van der Waals surface area contributed by atoms with Crippen molar-refractivity contribution in [3.63, 3.8) is 0 Å². The van der Waals surface area contributed by atoms with E-state index in [4.69, 9.17) is 9.47 Å². The van der Waals surface area contributed by atoms with Crippen LogP contribution in [0.2, 0.25) is 0 Å². The van der Waals surface area contributed by atoms with Crippen molar-refractivity contribution >= 4 is 53.5 Å². The zero-order valence-corrected chi connectivity index (χ0v) is 58.1. The maximum Gasteiger partial charge on any atom is 0.410 e. The van der Waals surface area contributed by atoms with Gasteiger partial charge in [-0.2, -0.15) is 0 Å². The van der Waals surface area contributed by atoms with Gasteiger partial charge in [0, 0.05) is 45.2 Å². The summed E-state index contributed by atoms with van der Waals surface area (Å²) in [4.78, 5) is 133. The second-order valence-electron chi connectivity index (χ2n) is 30.4. The van der Waals surface area contributed by atoms with Crippen LogP contribution in [0.4, 0.5) is 9.59 Å². The molecule has 1 saturated heterocycles. The van der Waals surface area contributed by atoms with Crippen molar-refractivity contribution in [3.8, 4) is 0 Å². The predicted octanol–water partition coefficient (Wildman–Crippen LogP) is 9.38. The number of nitrogens with one attached hydrogen (secondary N) is 5. The number of ether oxygens (including phenoxy) is 2. The minimum Gasteiger partial charge on any atom is -0.444 e. The Morgan fingerprint density at radius 3 is 1.46 bits per heavy atom. The van der Waals surface area contributed by atoms with Crippen LogP contribution in [0.15, 0.2) is 91.0 Å². The van der Waals surface area contributed by atoms with E-state index in [1.54, 1.807) is 72.4 Å². The highest BCUT2D eigenvalue weighted by Crippen LogP contribution is 2.35. The van der Waals surface area contributed by atoms with Crippen molar-refractivity contribution in [2.45, 2.75) is 233 Å². The minimum atomic E-state index is -1.12. The number of fused-ring (bicyclic) bond motifs is 3. The summed E-state index contributed by atoms with van der Waals surface area (Å²) in [6.45, 7) is 24.7. The van der Waals surface area contributed by atoms with Gasteiger partial charge < -0.3 is 45.9 Å². The number of amides is 9. The fourth-order valence-electron chi connectivity index (χ4n) is 12.9. The largest absolute Gasteiger partial charge is 0.444 e. The number of likely N-dealkylation sites (tertiary alicyclic amines) is 1. The van der Waals surface area contributed by atoms with Gasteiger partial charge in [-0.1, -0.05) is 120 Å². The molecule has 0 aromatic heterocycles. The first-order valence-electron chi connectivity index (χ1n) is 33.4. The van der Waals surface area contributed by atoms with Crippen LogP contribution in [0.5, 0.6) is 0 Å². The van der Waals surface area contributed by atoms with Gasteiger partial charge >= 0.3 is 12.2 Å². The Balaban J connectivity index is 0.971. The van der Waals surface area contributed by atoms with Crippen LogP contribution in [0.1, 0.15) is 196 Å². The Labute approximate surface area is 555 Å². The highest BCUT2D eigenvalue weighted by atomic mass is 16.6. The normalized spacial score (nSPS) is 20.1. The number of hydrogen-bond donors (Lipinski definition) is 5. The van der Waals surface area contributed by atoms with Gasteiger partial charge in [0.15, 0.2) is 0 Å². The monoisotopic (exact) mass is 1290 g/mol. The Bertz CT molecular complexity index is 3470. The van der Waals surface area contributed by atoms with E-state index in [0.717, 1.165) is 77.5 Å². The lowest BCUT2D eigenvalue weighted by molar-refractivity contribution is -0.147. The van der Waals surface area contributed by atoms with Crippen LogP contribution in [0, 0.1) is 10.8 Å². The second-order valence-corrected chi connectivity index (χ2v) is 30.4. The van der Waals surface area contributed by atoms with Crippen molar-refractivity contribution in [2.24, 2.45) is 10.8 Å². The van der Waals surface area contributed by atoms with Gasteiger partial charge in [0.25, 0.3) is 5.91 Å². The van der Waals surface area contributed by atoms with Crippen molar-refractivity contribution in [3.05, 3.63) is 141 Å². The molecule has 4 aromatic carbocycles. The number of likely N-dealkylation sites (N-methyl/N-ethyl adjacent to an activating group) is 2. The molecule has 4 aromatic rings. The molecule has 0 saturated carbocycles. The highest BCUT2D eigenvalue weighted by molar-refractivity contribution is 5.97. The van der Waals surface area contributed by atoms with E-state index in [2.05, 4.69) is 44.8 Å². The Hall–Kier alpha value is -8.29. The number of nitrogens with zero attached hydrogens (tertiary/aromatic N) is 4. The van der Waals surface area contributed by atoms with E-state index in [1.165, 1.54) is 34.4 Å². The van der Waals surface area contributed by atoms with E-state index in [1.807, 2.05) is 102 Å². The highest BCUT2D eigenvalue weighted by Gasteiger charge is 2.48. The predicted molar refractivity (Wildman–Crippen MR) is 360 cm³/mol.